The van der Waals surface area contributed by atoms with Crippen LogP contribution in [0, 0.1) is 28.4 Å². The normalized spacial score (nSPS) is 9.50. The minimum absolute atomic E-state index is 0.000787. The van der Waals surface area contributed by atoms with Crippen molar-refractivity contribution in [1.82, 2.24) is 0 Å². The SMILES string of the molecule is Cc1ccc([N+](=O)[O-])c(Br)c1CC#N. The molecule has 1 aromatic rings. The first-order valence-corrected chi connectivity index (χ1v) is 4.66. The van der Waals surface area contributed by atoms with Crippen LogP contribution in [0.2, 0.25) is 0 Å². The van der Waals surface area contributed by atoms with Crippen molar-refractivity contribution in [2.24, 2.45) is 0 Å². The van der Waals surface area contributed by atoms with Crippen molar-refractivity contribution in [2.75, 3.05) is 0 Å². The van der Waals surface area contributed by atoms with Gasteiger partial charge in [-0.2, -0.15) is 5.26 Å². The summed E-state index contributed by atoms with van der Waals surface area (Å²) in [5.74, 6) is 0. The van der Waals surface area contributed by atoms with Crippen molar-refractivity contribution in [1.29, 1.82) is 5.26 Å². The molecule has 0 heterocycles. The van der Waals surface area contributed by atoms with Crippen molar-refractivity contribution in [3.8, 4) is 6.07 Å². The quantitative estimate of drug-likeness (QED) is 0.602. The highest BCUT2D eigenvalue weighted by atomic mass is 79.9. The van der Waals surface area contributed by atoms with Crippen molar-refractivity contribution in [3.05, 3.63) is 37.8 Å². The van der Waals surface area contributed by atoms with E-state index in [9.17, 15) is 10.1 Å². The molecule has 0 unspecified atom stereocenters. The molecule has 1 aromatic carbocycles. The van der Waals surface area contributed by atoms with Crippen LogP contribution in [0.4, 0.5) is 5.69 Å². The molecule has 0 aliphatic carbocycles. The summed E-state index contributed by atoms with van der Waals surface area (Å²) in [5, 5.41) is 19.1. The van der Waals surface area contributed by atoms with Crippen LogP contribution in [0.25, 0.3) is 0 Å². The Bertz CT molecular complexity index is 424. The van der Waals surface area contributed by atoms with Gasteiger partial charge in [-0.15, -0.1) is 0 Å². The lowest BCUT2D eigenvalue weighted by Crippen LogP contribution is -1.95. The van der Waals surface area contributed by atoms with Crippen molar-refractivity contribution in [3.63, 3.8) is 0 Å². The van der Waals surface area contributed by atoms with Crippen LogP contribution in [0.3, 0.4) is 0 Å². The van der Waals surface area contributed by atoms with E-state index in [4.69, 9.17) is 5.26 Å². The summed E-state index contributed by atoms with van der Waals surface area (Å²) in [6.07, 6.45) is 0.175. The number of nitrogens with zero attached hydrogens (tertiary/aromatic N) is 2. The van der Waals surface area contributed by atoms with Crippen LogP contribution in [-0.2, 0) is 6.42 Å². The summed E-state index contributed by atoms with van der Waals surface area (Å²) in [7, 11) is 0. The molecule has 5 heteroatoms. The highest BCUT2D eigenvalue weighted by Crippen LogP contribution is 2.30. The van der Waals surface area contributed by atoms with E-state index in [2.05, 4.69) is 15.9 Å². The van der Waals surface area contributed by atoms with Gasteiger partial charge in [0.15, 0.2) is 0 Å². The molecule has 4 nitrogen and oxygen atoms in total. The zero-order chi connectivity index (χ0) is 10.7. The monoisotopic (exact) mass is 254 g/mol. The second kappa shape index (κ2) is 4.20. The molecule has 14 heavy (non-hydrogen) atoms. The van der Waals surface area contributed by atoms with Crippen LogP contribution in [-0.4, -0.2) is 4.92 Å². The van der Waals surface area contributed by atoms with Crippen LogP contribution in [0.15, 0.2) is 16.6 Å². The number of benzene rings is 1. The minimum atomic E-state index is -0.468. The third-order valence-electron chi connectivity index (χ3n) is 1.91. The van der Waals surface area contributed by atoms with Gasteiger partial charge in [0.2, 0.25) is 0 Å². The fraction of sp³-hybridized carbons (Fsp3) is 0.222. The van der Waals surface area contributed by atoms with Crippen molar-refractivity contribution < 1.29 is 4.92 Å². The Kier molecular flexibility index (Phi) is 3.20. The highest BCUT2D eigenvalue weighted by Gasteiger charge is 2.16. The molecule has 72 valence electrons. The van der Waals surface area contributed by atoms with E-state index in [-0.39, 0.29) is 12.1 Å². The molecule has 0 atom stereocenters. The van der Waals surface area contributed by atoms with Crippen LogP contribution in [0.1, 0.15) is 11.1 Å². The number of nitro benzene ring substituents is 1. The number of nitriles is 1. The maximum Gasteiger partial charge on any atom is 0.283 e. The van der Waals surface area contributed by atoms with Crippen LogP contribution >= 0.6 is 15.9 Å². The minimum Gasteiger partial charge on any atom is -0.258 e. The molecular weight excluding hydrogens is 248 g/mol. The predicted octanol–water partition coefficient (Wildman–Crippen LogP) is 2.73. The van der Waals surface area contributed by atoms with Gasteiger partial charge in [0.1, 0.15) is 0 Å². The summed E-state index contributed by atoms with van der Waals surface area (Å²) in [6.45, 7) is 1.82. The second-order valence-electron chi connectivity index (χ2n) is 2.79. The largest absolute Gasteiger partial charge is 0.283 e. The van der Waals surface area contributed by atoms with Crippen LogP contribution in [0.5, 0.6) is 0 Å². The molecule has 0 amide bonds. The summed E-state index contributed by atoms with van der Waals surface area (Å²) in [5.41, 5.74) is 1.56. The molecule has 0 N–H and O–H groups in total. The number of hydrogen-bond acceptors (Lipinski definition) is 3. The average molecular weight is 255 g/mol. The van der Waals surface area contributed by atoms with E-state index in [0.717, 1.165) is 5.56 Å². The Hall–Kier alpha value is -1.41. The molecule has 0 bridgehead atoms. The average Bonchev–Trinajstić information content (AvgIpc) is 2.11. The summed E-state index contributed by atoms with van der Waals surface area (Å²) < 4.78 is 0.407. The Morgan fingerprint density at radius 1 is 1.64 bits per heavy atom. The summed E-state index contributed by atoms with van der Waals surface area (Å²) >= 11 is 3.14. The third kappa shape index (κ3) is 1.91. The molecule has 0 aliphatic rings. The van der Waals surface area contributed by atoms with E-state index < -0.39 is 4.92 Å². The Morgan fingerprint density at radius 2 is 2.29 bits per heavy atom. The van der Waals surface area contributed by atoms with E-state index in [0.29, 0.717) is 10.0 Å². The lowest BCUT2D eigenvalue weighted by atomic mass is 10.1. The van der Waals surface area contributed by atoms with Crippen molar-refractivity contribution in [2.45, 2.75) is 13.3 Å². The Balaban J connectivity index is 3.35. The zero-order valence-electron chi connectivity index (χ0n) is 7.45. The topological polar surface area (TPSA) is 66.9 Å². The van der Waals surface area contributed by atoms with Gasteiger partial charge < -0.3 is 0 Å². The van der Waals surface area contributed by atoms with E-state index in [1.807, 2.05) is 13.0 Å². The number of rotatable bonds is 2. The van der Waals surface area contributed by atoms with Gasteiger partial charge in [-0.25, -0.2) is 0 Å². The smallest absolute Gasteiger partial charge is 0.258 e. The second-order valence-corrected chi connectivity index (χ2v) is 3.58. The summed E-state index contributed by atoms with van der Waals surface area (Å²) in [4.78, 5) is 10.1. The van der Waals surface area contributed by atoms with Gasteiger partial charge in [0.25, 0.3) is 5.69 Å². The highest BCUT2D eigenvalue weighted by molar-refractivity contribution is 9.10. The maximum absolute atomic E-state index is 10.6. The molecule has 1 rings (SSSR count). The van der Waals surface area contributed by atoms with Gasteiger partial charge in [-0.3, -0.25) is 10.1 Å². The Morgan fingerprint density at radius 3 is 2.79 bits per heavy atom. The molecular formula is C9H7BrN2O2. The molecule has 0 aromatic heterocycles. The molecule has 0 spiro atoms. The van der Waals surface area contributed by atoms with Crippen molar-refractivity contribution >= 4 is 21.6 Å². The van der Waals surface area contributed by atoms with Gasteiger partial charge in [0.05, 0.1) is 21.9 Å². The zero-order valence-corrected chi connectivity index (χ0v) is 9.04. The standard InChI is InChI=1S/C9H7BrN2O2/c1-6-2-3-8(12(13)14)9(10)7(6)4-5-11/h2-3H,4H2,1H3. The van der Waals surface area contributed by atoms with E-state index in [1.54, 1.807) is 6.07 Å². The molecule has 0 saturated carbocycles. The van der Waals surface area contributed by atoms with Gasteiger partial charge in [-0.1, -0.05) is 6.07 Å². The van der Waals surface area contributed by atoms with Gasteiger partial charge in [-0.05, 0) is 34.0 Å². The van der Waals surface area contributed by atoms with E-state index >= 15 is 0 Å². The van der Waals surface area contributed by atoms with Gasteiger partial charge in [0, 0.05) is 6.07 Å². The first-order valence-electron chi connectivity index (χ1n) is 3.87. The van der Waals surface area contributed by atoms with Gasteiger partial charge >= 0.3 is 0 Å². The summed E-state index contributed by atoms with van der Waals surface area (Å²) in [6, 6.07) is 5.06. The predicted molar refractivity (Wildman–Crippen MR) is 54.9 cm³/mol. The maximum atomic E-state index is 10.6. The number of aryl methyl sites for hydroxylation is 1. The lowest BCUT2D eigenvalue weighted by molar-refractivity contribution is -0.385. The van der Waals surface area contributed by atoms with E-state index in [1.165, 1.54) is 6.07 Å². The molecule has 0 aliphatic heterocycles. The first-order chi connectivity index (χ1) is 6.57. The molecule has 0 fully saturated rings. The van der Waals surface area contributed by atoms with Crippen LogP contribution < -0.4 is 0 Å². The Labute approximate surface area is 89.4 Å². The third-order valence-corrected chi connectivity index (χ3v) is 2.79. The first kappa shape index (κ1) is 10.7. The fourth-order valence-corrected chi connectivity index (χ4v) is 1.87. The fourth-order valence-electron chi connectivity index (χ4n) is 1.14. The molecule has 0 saturated heterocycles. The number of nitro groups is 1. The number of halogens is 1. The lowest BCUT2D eigenvalue weighted by Gasteiger charge is -2.04. The molecule has 0 radical (unpaired) electrons. The number of hydrogen-bond donors (Lipinski definition) is 0.